The first-order valence-electron chi connectivity index (χ1n) is 14.2. The van der Waals surface area contributed by atoms with Crippen molar-refractivity contribution in [1.29, 1.82) is 0 Å². The Morgan fingerprint density at radius 3 is 1.93 bits per heavy atom. The van der Waals surface area contributed by atoms with Crippen LogP contribution in [0.2, 0.25) is 0 Å². The molecule has 0 atom stereocenters. The van der Waals surface area contributed by atoms with Gasteiger partial charge in [0, 0.05) is 38.8 Å². The fraction of sp³-hybridized carbons (Fsp3) is 0.0769. The number of benzene rings is 6. The molecule has 0 radical (unpaired) electrons. The minimum absolute atomic E-state index is 0.159. The molecule has 1 heterocycles. The molecule has 0 spiro atoms. The predicted octanol–water partition coefficient (Wildman–Crippen LogP) is 11.0. The Morgan fingerprint density at radius 2 is 1.15 bits per heavy atom. The van der Waals surface area contributed by atoms with E-state index in [0.717, 1.165) is 28.2 Å². The van der Waals surface area contributed by atoms with Crippen molar-refractivity contribution >= 4 is 39.0 Å². The third kappa shape index (κ3) is 3.64. The molecule has 0 fully saturated rings. The van der Waals surface area contributed by atoms with E-state index in [-0.39, 0.29) is 5.41 Å². The summed E-state index contributed by atoms with van der Waals surface area (Å²) >= 11 is 0. The van der Waals surface area contributed by atoms with E-state index in [1.165, 1.54) is 44.2 Å². The Morgan fingerprint density at radius 1 is 0.512 bits per heavy atom. The number of furan rings is 1. The van der Waals surface area contributed by atoms with Gasteiger partial charge in [-0.25, -0.2) is 0 Å². The van der Waals surface area contributed by atoms with Crippen LogP contribution in [0, 0.1) is 0 Å². The van der Waals surface area contributed by atoms with Crippen LogP contribution in [0.1, 0.15) is 25.0 Å². The van der Waals surface area contributed by atoms with Gasteiger partial charge in [0.05, 0.1) is 0 Å². The lowest BCUT2D eigenvalue weighted by Crippen LogP contribution is -2.16. The second-order valence-corrected chi connectivity index (χ2v) is 11.4. The van der Waals surface area contributed by atoms with Gasteiger partial charge in [-0.1, -0.05) is 111 Å². The van der Waals surface area contributed by atoms with Crippen LogP contribution in [0.25, 0.3) is 44.2 Å². The Bertz CT molecular complexity index is 2050. The highest BCUT2D eigenvalue weighted by Gasteiger charge is 2.38. The normalized spacial score (nSPS) is 13.3. The smallest absolute Gasteiger partial charge is 0.143 e. The lowest BCUT2D eigenvalue weighted by Gasteiger charge is -2.28. The van der Waals surface area contributed by atoms with Gasteiger partial charge in [-0.2, -0.15) is 0 Å². The molecule has 0 saturated carbocycles. The molecular formula is C39H29NO. The minimum atomic E-state index is -0.159. The van der Waals surface area contributed by atoms with Gasteiger partial charge < -0.3 is 9.32 Å². The van der Waals surface area contributed by atoms with E-state index in [1.54, 1.807) is 0 Å². The number of nitrogens with zero attached hydrogens (tertiary/aromatic N) is 1. The molecule has 2 nitrogen and oxygen atoms in total. The van der Waals surface area contributed by atoms with Crippen molar-refractivity contribution in [1.82, 2.24) is 0 Å². The highest BCUT2D eigenvalue weighted by molar-refractivity contribution is 6.11. The van der Waals surface area contributed by atoms with Crippen LogP contribution in [-0.4, -0.2) is 0 Å². The zero-order valence-electron chi connectivity index (χ0n) is 23.1. The Labute approximate surface area is 240 Å². The second kappa shape index (κ2) is 8.97. The van der Waals surface area contributed by atoms with Gasteiger partial charge in [-0.05, 0) is 70.3 Å². The molecule has 1 aliphatic rings. The van der Waals surface area contributed by atoms with Crippen molar-refractivity contribution in [3.63, 3.8) is 0 Å². The van der Waals surface area contributed by atoms with Crippen LogP contribution in [-0.2, 0) is 5.41 Å². The number of hydrogen-bond acceptors (Lipinski definition) is 2. The van der Waals surface area contributed by atoms with Crippen molar-refractivity contribution in [3.8, 4) is 22.3 Å². The van der Waals surface area contributed by atoms with Crippen LogP contribution in [0.15, 0.2) is 144 Å². The minimum Gasteiger partial charge on any atom is -0.455 e. The average molecular weight is 528 g/mol. The van der Waals surface area contributed by atoms with Crippen LogP contribution in [0.3, 0.4) is 0 Å². The van der Waals surface area contributed by atoms with E-state index in [9.17, 15) is 0 Å². The Hall–Kier alpha value is -5.08. The fourth-order valence-electron chi connectivity index (χ4n) is 6.59. The highest BCUT2D eigenvalue weighted by Crippen LogP contribution is 2.54. The molecule has 0 saturated heterocycles. The maximum absolute atomic E-state index is 6.50. The molecular weight excluding hydrogens is 498 g/mol. The van der Waals surface area contributed by atoms with E-state index in [2.05, 4.69) is 152 Å². The quantitative estimate of drug-likeness (QED) is 0.226. The predicted molar refractivity (Wildman–Crippen MR) is 171 cm³/mol. The van der Waals surface area contributed by atoms with Gasteiger partial charge >= 0.3 is 0 Å². The van der Waals surface area contributed by atoms with Crippen LogP contribution in [0.4, 0.5) is 17.1 Å². The van der Waals surface area contributed by atoms with Gasteiger partial charge in [-0.3, -0.25) is 0 Å². The van der Waals surface area contributed by atoms with Crippen LogP contribution >= 0.6 is 0 Å². The molecule has 0 bridgehead atoms. The number of fused-ring (bicyclic) bond motifs is 7. The lowest BCUT2D eigenvalue weighted by atomic mass is 9.82. The van der Waals surface area contributed by atoms with Crippen LogP contribution < -0.4 is 4.90 Å². The highest BCUT2D eigenvalue weighted by atomic mass is 16.3. The standard InChI is InChI=1S/C39H29NO/c1-39(2)34-24-23-32-31-15-9-10-16-36(31)41-38(32)37(34)33-22-21-30(25-35(33)39)40(28-13-7-4-8-14-28)29-19-17-27(18-20-29)26-11-5-3-6-12-26/h3-25H,1-2H3. The van der Waals surface area contributed by atoms with Crippen molar-refractivity contribution in [2.75, 3.05) is 4.90 Å². The van der Waals surface area contributed by atoms with Gasteiger partial charge in [0.25, 0.3) is 0 Å². The van der Waals surface area contributed by atoms with Crippen molar-refractivity contribution in [2.24, 2.45) is 0 Å². The maximum Gasteiger partial charge on any atom is 0.143 e. The third-order valence-corrected chi connectivity index (χ3v) is 8.67. The molecule has 1 aromatic heterocycles. The summed E-state index contributed by atoms with van der Waals surface area (Å²) in [5.74, 6) is 0. The molecule has 196 valence electrons. The first-order valence-corrected chi connectivity index (χ1v) is 14.2. The molecule has 8 rings (SSSR count). The largest absolute Gasteiger partial charge is 0.455 e. The van der Waals surface area contributed by atoms with Gasteiger partial charge in [-0.15, -0.1) is 0 Å². The first kappa shape index (κ1) is 23.8. The number of hydrogen-bond donors (Lipinski definition) is 0. The molecule has 0 N–H and O–H groups in total. The average Bonchev–Trinajstić information content (AvgIpc) is 3.51. The summed E-state index contributed by atoms with van der Waals surface area (Å²) in [5, 5.41) is 2.35. The molecule has 0 aliphatic heterocycles. The summed E-state index contributed by atoms with van der Waals surface area (Å²) < 4.78 is 6.50. The number of para-hydroxylation sites is 2. The van der Waals surface area contributed by atoms with Crippen molar-refractivity contribution in [2.45, 2.75) is 19.3 Å². The Kier molecular flexibility index (Phi) is 5.20. The zero-order chi connectivity index (χ0) is 27.6. The van der Waals surface area contributed by atoms with Gasteiger partial charge in [0.2, 0.25) is 0 Å². The molecule has 6 aromatic carbocycles. The molecule has 0 amide bonds. The van der Waals surface area contributed by atoms with Crippen LogP contribution in [0.5, 0.6) is 0 Å². The summed E-state index contributed by atoms with van der Waals surface area (Å²) in [4.78, 5) is 2.35. The summed E-state index contributed by atoms with van der Waals surface area (Å²) in [6.45, 7) is 4.66. The van der Waals surface area contributed by atoms with E-state index in [4.69, 9.17) is 4.42 Å². The molecule has 2 heteroatoms. The summed E-state index contributed by atoms with van der Waals surface area (Å²) in [6, 6.07) is 49.8. The number of rotatable bonds is 4. The maximum atomic E-state index is 6.50. The summed E-state index contributed by atoms with van der Waals surface area (Å²) in [7, 11) is 0. The van der Waals surface area contributed by atoms with Gasteiger partial charge in [0.1, 0.15) is 11.2 Å². The van der Waals surface area contributed by atoms with E-state index >= 15 is 0 Å². The molecule has 1 aliphatic carbocycles. The SMILES string of the molecule is CC1(C)c2cc(N(c3ccccc3)c3ccc(-c4ccccc4)cc3)ccc2-c2c1ccc1c2oc2ccccc21. The Balaban J connectivity index is 1.29. The second-order valence-electron chi connectivity index (χ2n) is 11.4. The third-order valence-electron chi connectivity index (χ3n) is 8.67. The molecule has 7 aromatic rings. The fourth-order valence-corrected chi connectivity index (χ4v) is 6.59. The van der Waals surface area contributed by atoms with Gasteiger partial charge in [0.15, 0.2) is 0 Å². The monoisotopic (exact) mass is 527 g/mol. The zero-order valence-corrected chi connectivity index (χ0v) is 23.1. The lowest BCUT2D eigenvalue weighted by molar-refractivity contribution is 0.653. The first-order chi connectivity index (χ1) is 20.1. The summed E-state index contributed by atoms with van der Waals surface area (Å²) in [5.41, 5.74) is 12.7. The van der Waals surface area contributed by atoms with E-state index in [1.807, 2.05) is 6.07 Å². The topological polar surface area (TPSA) is 16.4 Å². The van der Waals surface area contributed by atoms with Crippen molar-refractivity contribution in [3.05, 3.63) is 151 Å². The van der Waals surface area contributed by atoms with E-state index < -0.39 is 0 Å². The van der Waals surface area contributed by atoms with E-state index in [0.29, 0.717) is 0 Å². The van der Waals surface area contributed by atoms with Crippen molar-refractivity contribution < 1.29 is 4.42 Å². The molecule has 41 heavy (non-hydrogen) atoms. The molecule has 0 unspecified atom stereocenters. The number of anilines is 3. The summed E-state index contributed by atoms with van der Waals surface area (Å²) in [6.07, 6.45) is 0.